The number of rotatable bonds is 20. The molecule has 0 saturated carbocycles. The van der Waals surface area contributed by atoms with Crippen LogP contribution in [0.1, 0.15) is 49.7 Å². The summed E-state index contributed by atoms with van der Waals surface area (Å²) in [7, 11) is -8.38. The number of ketones is 3. The lowest BCUT2D eigenvalue weighted by Crippen LogP contribution is -2.51. The van der Waals surface area contributed by atoms with Gasteiger partial charge in [0, 0.05) is 0 Å². The third kappa shape index (κ3) is 11.0. The van der Waals surface area contributed by atoms with E-state index in [4.69, 9.17) is 34.7 Å². The predicted molar refractivity (Wildman–Crippen MR) is 171 cm³/mol. The van der Waals surface area contributed by atoms with E-state index in [0.29, 0.717) is 25.7 Å². The van der Waals surface area contributed by atoms with Gasteiger partial charge in [0.2, 0.25) is 20.0 Å². The van der Waals surface area contributed by atoms with E-state index in [0.717, 1.165) is 11.1 Å². The van der Waals surface area contributed by atoms with E-state index >= 15 is 0 Å². The first-order chi connectivity index (χ1) is 20.6. The molecule has 0 bridgehead atoms. The molecule has 2 aromatic carbocycles. The van der Waals surface area contributed by atoms with E-state index in [2.05, 4.69) is 9.44 Å². The van der Waals surface area contributed by atoms with Crippen molar-refractivity contribution in [2.75, 3.05) is 13.1 Å². The third-order valence-electron chi connectivity index (χ3n) is 6.84. The molecule has 44 heavy (non-hydrogen) atoms. The largest absolute Gasteiger partial charge is 0.330 e. The number of benzene rings is 2. The number of nitrogens with two attached hydrogens (primary N) is 2. The highest BCUT2D eigenvalue weighted by atomic mass is 35.5. The molecule has 0 fully saturated rings. The highest BCUT2D eigenvalue weighted by molar-refractivity contribution is 7.89. The Hall–Kier alpha value is -2.23. The molecule has 244 valence electrons. The van der Waals surface area contributed by atoms with Crippen LogP contribution in [0.15, 0.2) is 58.3 Å². The maximum Gasteiger partial charge on any atom is 0.241 e. The molecule has 4 atom stereocenters. The first kappa shape index (κ1) is 38.0. The quantitative estimate of drug-likeness (QED) is 0.0917. The van der Waals surface area contributed by atoms with E-state index in [1.165, 1.54) is 24.3 Å². The summed E-state index contributed by atoms with van der Waals surface area (Å²) in [6, 6.07) is 9.02. The van der Waals surface area contributed by atoms with Crippen molar-refractivity contribution in [3.63, 3.8) is 0 Å². The summed E-state index contributed by atoms with van der Waals surface area (Å²) in [5.74, 6) is -3.19. The molecule has 2 rings (SSSR count). The number of hydrogen-bond acceptors (Lipinski definition) is 9. The minimum atomic E-state index is -4.19. The number of nitrogens with one attached hydrogen (secondary N) is 2. The lowest BCUT2D eigenvalue weighted by atomic mass is 9.96. The van der Waals surface area contributed by atoms with Crippen molar-refractivity contribution in [3.8, 4) is 0 Å². The number of sulfonamides is 2. The van der Waals surface area contributed by atoms with Crippen LogP contribution in [-0.2, 0) is 34.4 Å². The van der Waals surface area contributed by atoms with E-state index in [1.807, 2.05) is 0 Å². The summed E-state index contributed by atoms with van der Waals surface area (Å²) >= 11 is 12.5. The van der Waals surface area contributed by atoms with Gasteiger partial charge in [-0.1, -0.05) is 48.2 Å². The molecular weight excluding hydrogens is 651 g/mol. The zero-order valence-electron chi connectivity index (χ0n) is 24.7. The Bertz CT molecular complexity index is 1380. The molecule has 11 nitrogen and oxygen atoms in total. The topological polar surface area (TPSA) is 196 Å². The number of carbonyl (C=O) groups excluding carboxylic acids is 3. The number of aryl methyl sites for hydroxylation is 2. The van der Waals surface area contributed by atoms with Crippen molar-refractivity contribution in [2.45, 2.75) is 85.0 Å². The van der Waals surface area contributed by atoms with E-state index in [1.54, 1.807) is 38.1 Å². The first-order valence-corrected chi connectivity index (χ1v) is 18.0. The molecule has 4 unspecified atom stereocenters. The average Bonchev–Trinajstić information content (AvgIpc) is 2.98. The van der Waals surface area contributed by atoms with Crippen LogP contribution in [0.4, 0.5) is 0 Å². The fourth-order valence-electron chi connectivity index (χ4n) is 4.21. The second-order valence-electron chi connectivity index (χ2n) is 10.5. The summed E-state index contributed by atoms with van der Waals surface area (Å²) in [5.41, 5.74) is 12.7. The number of carbonyl (C=O) groups is 3. The monoisotopic (exact) mass is 690 g/mol. The highest BCUT2D eigenvalue weighted by Crippen LogP contribution is 2.20. The average molecular weight is 692 g/mol. The number of halogens is 2. The van der Waals surface area contributed by atoms with Gasteiger partial charge < -0.3 is 11.5 Å². The van der Waals surface area contributed by atoms with Gasteiger partial charge in [0.25, 0.3) is 0 Å². The lowest BCUT2D eigenvalue weighted by molar-refractivity contribution is -0.130. The van der Waals surface area contributed by atoms with Crippen molar-refractivity contribution in [3.05, 3.63) is 59.7 Å². The molecule has 0 radical (unpaired) electrons. The molecule has 0 aliphatic rings. The second-order valence-corrected chi connectivity index (χ2v) is 14.8. The summed E-state index contributed by atoms with van der Waals surface area (Å²) in [5, 5.41) is -3.99. The Kier molecular flexibility index (Phi) is 15.1. The molecule has 0 saturated heterocycles. The number of unbranched alkanes of at least 4 members (excludes halogenated alkanes) is 2. The van der Waals surface area contributed by atoms with Crippen molar-refractivity contribution in [1.29, 1.82) is 0 Å². The molecule has 0 aliphatic carbocycles. The maximum absolute atomic E-state index is 13.4. The normalized spacial score (nSPS) is 14.9. The van der Waals surface area contributed by atoms with Gasteiger partial charge in [0.1, 0.15) is 0 Å². The van der Waals surface area contributed by atoms with Gasteiger partial charge in [-0.25, -0.2) is 26.3 Å². The van der Waals surface area contributed by atoms with E-state index < -0.39 is 60.2 Å². The molecular formula is C29H40Cl2N4O7S2. The smallest absolute Gasteiger partial charge is 0.241 e. The first-order valence-electron chi connectivity index (χ1n) is 14.1. The fourth-order valence-corrected chi connectivity index (χ4v) is 7.31. The Morgan fingerprint density at radius 1 is 0.614 bits per heavy atom. The zero-order chi connectivity index (χ0) is 33.1. The number of hydrogen-bond donors (Lipinski definition) is 4. The van der Waals surface area contributed by atoms with Crippen LogP contribution in [0.25, 0.3) is 0 Å². The van der Waals surface area contributed by atoms with Crippen molar-refractivity contribution in [2.24, 2.45) is 11.5 Å². The molecule has 0 aliphatic heterocycles. The Labute approximate surface area is 269 Å². The van der Waals surface area contributed by atoms with Crippen molar-refractivity contribution < 1.29 is 31.2 Å². The second kappa shape index (κ2) is 17.5. The maximum atomic E-state index is 13.4. The fraction of sp³-hybridized carbons (Fsp3) is 0.483. The van der Waals surface area contributed by atoms with Crippen molar-refractivity contribution >= 4 is 60.6 Å². The van der Waals surface area contributed by atoms with E-state index in [9.17, 15) is 31.2 Å². The predicted octanol–water partition coefficient (Wildman–Crippen LogP) is 2.48. The molecule has 6 N–H and O–H groups in total. The molecule has 15 heteroatoms. The van der Waals surface area contributed by atoms with E-state index in [-0.39, 0.29) is 35.7 Å². The van der Waals surface area contributed by atoms with Gasteiger partial charge in [-0.15, -0.1) is 23.2 Å². The standard InChI is InChI=1S/C29H40Cl2N4O7S2/c1-19-9-13-21(14-10-19)43(39,40)34-23(7-3-5-17-32)27(36)25(30)29(38)26(31)28(37)24(8-4-6-18-33)35-44(41,42)22-15-11-20(2)12-16-22/h9-16,23-26,34-35H,3-8,17-18,32-33H2,1-2H3. The number of alkyl halides is 2. The Balaban J connectivity index is 2.28. The molecule has 2 aromatic rings. The SMILES string of the molecule is Cc1ccc(S(=O)(=O)NC(CCCCN)C(=O)C(Cl)C(=O)C(Cl)C(=O)C(CCCCN)NS(=O)(=O)c2ccc(C)cc2)cc1. The van der Waals surface area contributed by atoms with Crippen molar-refractivity contribution in [1.82, 2.24) is 9.44 Å². The molecule has 0 aromatic heterocycles. The Morgan fingerprint density at radius 3 is 1.23 bits per heavy atom. The van der Waals surface area contributed by atoms with Gasteiger partial charge in [0.05, 0.1) is 21.9 Å². The van der Waals surface area contributed by atoms with Crippen LogP contribution in [0.3, 0.4) is 0 Å². The lowest BCUT2D eigenvalue weighted by Gasteiger charge is -2.23. The van der Waals surface area contributed by atoms with Gasteiger partial charge in [-0.2, -0.15) is 0 Å². The molecule has 0 heterocycles. The van der Waals surface area contributed by atoms with Gasteiger partial charge in [-0.3, -0.25) is 14.4 Å². The van der Waals surface area contributed by atoms with Gasteiger partial charge in [0.15, 0.2) is 28.1 Å². The minimum Gasteiger partial charge on any atom is -0.330 e. The van der Waals surface area contributed by atoms with Crippen LogP contribution in [-0.4, -0.2) is 70.1 Å². The third-order valence-corrected chi connectivity index (χ3v) is 10.7. The van der Waals surface area contributed by atoms with Crippen LogP contribution in [0.2, 0.25) is 0 Å². The molecule has 0 amide bonds. The summed E-state index contributed by atoms with van der Waals surface area (Å²) in [6.45, 7) is 4.15. The summed E-state index contributed by atoms with van der Waals surface area (Å²) in [6.07, 6.45) is 1.59. The van der Waals surface area contributed by atoms with Gasteiger partial charge >= 0.3 is 0 Å². The van der Waals surface area contributed by atoms with Crippen LogP contribution < -0.4 is 20.9 Å². The minimum absolute atomic E-state index is 0.0173. The summed E-state index contributed by atoms with van der Waals surface area (Å²) in [4.78, 5) is 39.8. The zero-order valence-corrected chi connectivity index (χ0v) is 27.8. The number of Topliss-reactive ketones (excluding diaryl/α,β-unsaturated/α-hetero) is 3. The molecule has 0 spiro atoms. The summed E-state index contributed by atoms with van der Waals surface area (Å²) < 4.78 is 56.8. The van der Waals surface area contributed by atoms with Gasteiger partial charge in [-0.05, 0) is 76.9 Å². The highest BCUT2D eigenvalue weighted by Gasteiger charge is 2.40. The van der Waals surface area contributed by atoms with Crippen LogP contribution in [0.5, 0.6) is 0 Å². The van der Waals surface area contributed by atoms with Crippen LogP contribution >= 0.6 is 23.2 Å². The Morgan fingerprint density at radius 2 is 0.932 bits per heavy atom. The van der Waals surface area contributed by atoms with Crippen LogP contribution in [0, 0.1) is 13.8 Å².